The highest BCUT2D eigenvalue weighted by Crippen LogP contribution is 2.01. The second kappa shape index (κ2) is 3.86. The van der Waals surface area contributed by atoms with Gasteiger partial charge in [0.2, 0.25) is 0 Å². The van der Waals surface area contributed by atoms with Crippen molar-refractivity contribution in [3.05, 3.63) is 36.2 Å². The van der Waals surface area contributed by atoms with Crippen molar-refractivity contribution in [1.29, 1.82) is 0 Å². The van der Waals surface area contributed by atoms with E-state index in [1.54, 1.807) is 6.08 Å². The van der Waals surface area contributed by atoms with Gasteiger partial charge >= 0.3 is 0 Å². The molecule has 0 spiro atoms. The van der Waals surface area contributed by atoms with Crippen LogP contribution in [0.5, 0.6) is 0 Å². The van der Waals surface area contributed by atoms with Crippen LogP contribution < -0.4 is 10.6 Å². The smallest absolute Gasteiger partial charge is 0.0530 e. The molecule has 2 N–H and O–H groups in total. The highest BCUT2D eigenvalue weighted by Gasteiger charge is 2.02. The summed E-state index contributed by atoms with van der Waals surface area (Å²) < 4.78 is 0. The molecule has 0 atom stereocenters. The Kier molecular flexibility index (Phi) is 2.78. The van der Waals surface area contributed by atoms with Crippen LogP contribution in [0.2, 0.25) is 0 Å². The van der Waals surface area contributed by atoms with Gasteiger partial charge in [0.15, 0.2) is 0 Å². The van der Waals surface area contributed by atoms with Gasteiger partial charge < -0.3 is 10.6 Å². The summed E-state index contributed by atoms with van der Waals surface area (Å²) in [6.45, 7) is 7.68. The van der Waals surface area contributed by atoms with Gasteiger partial charge in [-0.3, -0.25) is 0 Å². The third kappa shape index (κ3) is 2.15. The summed E-state index contributed by atoms with van der Waals surface area (Å²) in [6.07, 6.45) is 5.73. The largest absolute Gasteiger partial charge is 0.385 e. The highest BCUT2D eigenvalue weighted by molar-refractivity contribution is 5.25. The predicted molar refractivity (Wildman–Crippen MR) is 48.0 cm³/mol. The topological polar surface area (TPSA) is 24.1 Å². The van der Waals surface area contributed by atoms with Gasteiger partial charge in [0.05, 0.1) is 5.70 Å². The number of allylic oxidation sites excluding steroid dienone is 4. The summed E-state index contributed by atoms with van der Waals surface area (Å²) in [7, 11) is 0. The summed E-state index contributed by atoms with van der Waals surface area (Å²) in [6, 6.07) is 0. The lowest BCUT2D eigenvalue weighted by Crippen LogP contribution is -2.33. The molecular formula is C9H14N2. The Morgan fingerprint density at radius 3 is 2.73 bits per heavy atom. The first kappa shape index (κ1) is 7.92. The molecule has 0 fully saturated rings. The molecule has 2 nitrogen and oxygen atoms in total. The maximum Gasteiger partial charge on any atom is 0.0530 e. The Morgan fingerprint density at radius 1 is 1.36 bits per heavy atom. The SMILES string of the molecule is C=C/C=C\C1=C(C)NCCN1. The minimum Gasteiger partial charge on any atom is -0.385 e. The van der Waals surface area contributed by atoms with Crippen molar-refractivity contribution >= 4 is 0 Å². The second-order valence-electron chi connectivity index (χ2n) is 2.49. The van der Waals surface area contributed by atoms with E-state index in [1.807, 2.05) is 12.2 Å². The van der Waals surface area contributed by atoms with Crippen molar-refractivity contribution in [2.45, 2.75) is 6.92 Å². The molecule has 0 aromatic carbocycles. The highest BCUT2D eigenvalue weighted by atomic mass is 15.0. The Hall–Kier alpha value is -1.18. The number of hydrogen-bond donors (Lipinski definition) is 2. The van der Waals surface area contributed by atoms with Crippen molar-refractivity contribution in [2.24, 2.45) is 0 Å². The maximum atomic E-state index is 3.61. The Morgan fingerprint density at radius 2 is 2.09 bits per heavy atom. The average Bonchev–Trinajstić information content (AvgIpc) is 2.03. The maximum absolute atomic E-state index is 3.61. The van der Waals surface area contributed by atoms with Gasteiger partial charge in [0, 0.05) is 18.8 Å². The Balaban J connectivity index is 2.66. The molecule has 0 aromatic heterocycles. The third-order valence-electron chi connectivity index (χ3n) is 1.63. The van der Waals surface area contributed by atoms with Crippen molar-refractivity contribution in [3.63, 3.8) is 0 Å². The molecule has 0 saturated heterocycles. The fourth-order valence-corrected chi connectivity index (χ4v) is 1.02. The molecule has 0 aliphatic carbocycles. The zero-order valence-corrected chi connectivity index (χ0v) is 6.85. The van der Waals surface area contributed by atoms with Gasteiger partial charge in [0.1, 0.15) is 0 Å². The van der Waals surface area contributed by atoms with Crippen molar-refractivity contribution in [1.82, 2.24) is 10.6 Å². The van der Waals surface area contributed by atoms with Gasteiger partial charge in [-0.15, -0.1) is 0 Å². The lowest BCUT2D eigenvalue weighted by Gasteiger charge is -2.19. The molecular weight excluding hydrogens is 136 g/mol. The first-order chi connectivity index (χ1) is 5.34. The molecule has 1 heterocycles. The molecule has 1 rings (SSSR count). The molecule has 2 heteroatoms. The summed E-state index contributed by atoms with van der Waals surface area (Å²) in [5, 5.41) is 6.56. The normalized spacial score (nSPS) is 17.9. The van der Waals surface area contributed by atoms with Crippen LogP contribution in [0.15, 0.2) is 36.2 Å². The van der Waals surface area contributed by atoms with E-state index < -0.39 is 0 Å². The van der Waals surface area contributed by atoms with Gasteiger partial charge in [0.25, 0.3) is 0 Å². The monoisotopic (exact) mass is 150 g/mol. The number of rotatable bonds is 2. The second-order valence-corrected chi connectivity index (χ2v) is 2.49. The summed E-state index contributed by atoms with van der Waals surface area (Å²) in [4.78, 5) is 0. The molecule has 0 bridgehead atoms. The predicted octanol–water partition coefficient (Wildman–Crippen LogP) is 1.15. The van der Waals surface area contributed by atoms with Crippen LogP contribution in [-0.4, -0.2) is 13.1 Å². The van der Waals surface area contributed by atoms with E-state index in [1.165, 1.54) is 5.70 Å². The lowest BCUT2D eigenvalue weighted by atomic mass is 10.2. The molecule has 0 unspecified atom stereocenters. The molecule has 0 radical (unpaired) electrons. The van der Waals surface area contributed by atoms with Crippen LogP contribution in [0, 0.1) is 0 Å². The van der Waals surface area contributed by atoms with Crippen molar-refractivity contribution in [3.8, 4) is 0 Å². The van der Waals surface area contributed by atoms with Crippen LogP contribution in [0.3, 0.4) is 0 Å². The van der Waals surface area contributed by atoms with Crippen LogP contribution >= 0.6 is 0 Å². The van der Waals surface area contributed by atoms with Crippen LogP contribution in [0.1, 0.15) is 6.92 Å². The standard InChI is InChI=1S/C9H14N2/c1-3-4-5-9-8(2)10-6-7-11-9/h3-5,10-11H,1,6-7H2,2H3/b5-4-. The van der Waals surface area contributed by atoms with Crippen LogP contribution in [0.4, 0.5) is 0 Å². The minimum atomic E-state index is 0.994. The van der Waals surface area contributed by atoms with Crippen LogP contribution in [-0.2, 0) is 0 Å². The molecule has 11 heavy (non-hydrogen) atoms. The Labute approximate surface area is 67.7 Å². The molecule has 1 aliphatic rings. The molecule has 0 aromatic rings. The zero-order valence-electron chi connectivity index (χ0n) is 6.85. The first-order valence-corrected chi connectivity index (χ1v) is 3.82. The Bertz CT molecular complexity index is 202. The summed E-state index contributed by atoms with van der Waals surface area (Å²) >= 11 is 0. The number of nitrogens with one attached hydrogen (secondary N) is 2. The fraction of sp³-hybridized carbons (Fsp3) is 0.333. The van der Waals surface area contributed by atoms with E-state index in [4.69, 9.17) is 0 Å². The zero-order chi connectivity index (χ0) is 8.10. The van der Waals surface area contributed by atoms with Crippen molar-refractivity contribution in [2.75, 3.05) is 13.1 Å². The fourth-order valence-electron chi connectivity index (χ4n) is 1.02. The molecule has 1 aliphatic heterocycles. The summed E-state index contributed by atoms with van der Waals surface area (Å²) in [5.41, 5.74) is 2.37. The quantitative estimate of drug-likeness (QED) is 0.577. The van der Waals surface area contributed by atoms with Crippen LogP contribution in [0.25, 0.3) is 0 Å². The molecule has 0 amide bonds. The van der Waals surface area contributed by atoms with E-state index in [0.29, 0.717) is 0 Å². The van der Waals surface area contributed by atoms with Crippen molar-refractivity contribution < 1.29 is 0 Å². The van der Waals surface area contributed by atoms with Gasteiger partial charge in [-0.05, 0) is 13.0 Å². The van der Waals surface area contributed by atoms with E-state index in [9.17, 15) is 0 Å². The van der Waals surface area contributed by atoms with Gasteiger partial charge in [-0.1, -0.05) is 18.7 Å². The molecule has 60 valence electrons. The van der Waals surface area contributed by atoms with Gasteiger partial charge in [-0.25, -0.2) is 0 Å². The van der Waals surface area contributed by atoms with E-state index in [-0.39, 0.29) is 0 Å². The first-order valence-electron chi connectivity index (χ1n) is 3.82. The third-order valence-corrected chi connectivity index (χ3v) is 1.63. The molecule has 0 saturated carbocycles. The van der Waals surface area contributed by atoms with Gasteiger partial charge in [-0.2, -0.15) is 0 Å². The minimum absolute atomic E-state index is 0.994. The van der Waals surface area contributed by atoms with E-state index >= 15 is 0 Å². The number of hydrogen-bond acceptors (Lipinski definition) is 2. The summed E-state index contributed by atoms with van der Waals surface area (Å²) in [5.74, 6) is 0. The lowest BCUT2D eigenvalue weighted by molar-refractivity contribution is 0.663. The average molecular weight is 150 g/mol. The van der Waals surface area contributed by atoms with E-state index in [2.05, 4.69) is 24.1 Å². The van der Waals surface area contributed by atoms with E-state index in [0.717, 1.165) is 18.8 Å².